The number of rotatable bonds is 3. The van der Waals surface area contributed by atoms with Gasteiger partial charge in [-0.1, -0.05) is 0 Å². The molecule has 0 unspecified atom stereocenters. The van der Waals surface area contributed by atoms with Gasteiger partial charge >= 0.3 is 0 Å². The van der Waals surface area contributed by atoms with E-state index in [0.717, 1.165) is 36.9 Å². The molecule has 112 valence electrons. The Bertz CT molecular complexity index is 552. The number of halogens is 1. The lowest BCUT2D eigenvalue weighted by Crippen LogP contribution is -2.50. The Morgan fingerprint density at radius 3 is 2.70 bits per heavy atom. The van der Waals surface area contributed by atoms with Crippen molar-refractivity contribution in [3.8, 4) is 0 Å². The van der Waals surface area contributed by atoms with Crippen LogP contribution in [-0.4, -0.2) is 23.0 Å². The molecule has 1 aromatic rings. The number of amides is 1. The maximum atomic E-state index is 12.1. The van der Waals surface area contributed by atoms with Gasteiger partial charge in [-0.05, 0) is 51.2 Å². The number of H-pyrrole nitrogens is 1. The van der Waals surface area contributed by atoms with Crippen LogP contribution < -0.4 is 16.6 Å². The van der Waals surface area contributed by atoms with E-state index < -0.39 is 5.54 Å². The predicted molar refractivity (Wildman–Crippen MR) is 81.6 cm³/mol. The van der Waals surface area contributed by atoms with Crippen molar-refractivity contribution in [2.45, 2.75) is 45.1 Å². The van der Waals surface area contributed by atoms with Crippen LogP contribution >= 0.6 is 12.4 Å². The van der Waals surface area contributed by atoms with Crippen molar-refractivity contribution >= 4 is 18.3 Å². The van der Waals surface area contributed by atoms with Gasteiger partial charge < -0.3 is 16.0 Å². The summed E-state index contributed by atoms with van der Waals surface area (Å²) in [6.07, 6.45) is 4.01. The van der Waals surface area contributed by atoms with Crippen molar-refractivity contribution in [3.05, 3.63) is 33.2 Å². The minimum absolute atomic E-state index is 0. The highest BCUT2D eigenvalue weighted by Crippen LogP contribution is 2.18. The average Bonchev–Trinajstić information content (AvgIpc) is 2.37. The summed E-state index contributed by atoms with van der Waals surface area (Å²) in [6, 6.07) is 1.73. The summed E-state index contributed by atoms with van der Waals surface area (Å²) in [7, 11) is 0. The predicted octanol–water partition coefficient (Wildman–Crippen LogP) is 1.14. The van der Waals surface area contributed by atoms with Crippen LogP contribution in [-0.2, 0) is 12.8 Å². The first-order valence-corrected chi connectivity index (χ1v) is 6.70. The Morgan fingerprint density at radius 2 is 2.05 bits per heavy atom. The highest BCUT2D eigenvalue weighted by molar-refractivity contribution is 5.94. The number of aryl methyl sites for hydroxylation is 2. The monoisotopic (exact) mass is 299 g/mol. The molecule has 6 heteroatoms. The summed E-state index contributed by atoms with van der Waals surface area (Å²) in [5.74, 6) is -0.356. The largest absolute Gasteiger partial charge is 0.346 e. The summed E-state index contributed by atoms with van der Waals surface area (Å²) in [4.78, 5) is 26.9. The lowest BCUT2D eigenvalue weighted by atomic mass is 9.94. The molecule has 20 heavy (non-hydrogen) atoms. The minimum atomic E-state index is -0.514. The fraction of sp³-hybridized carbons (Fsp3) is 0.571. The Labute approximate surface area is 124 Å². The van der Waals surface area contributed by atoms with E-state index >= 15 is 0 Å². The molecule has 0 saturated heterocycles. The van der Waals surface area contributed by atoms with Crippen molar-refractivity contribution in [2.24, 2.45) is 5.73 Å². The molecular weight excluding hydrogens is 278 g/mol. The first kappa shape index (κ1) is 16.7. The summed E-state index contributed by atoms with van der Waals surface area (Å²) in [5.41, 5.74) is 7.00. The van der Waals surface area contributed by atoms with Crippen LogP contribution in [0.3, 0.4) is 0 Å². The second-order valence-electron chi connectivity index (χ2n) is 5.77. The molecule has 0 fully saturated rings. The molecule has 4 N–H and O–H groups in total. The van der Waals surface area contributed by atoms with Crippen LogP contribution in [0.25, 0.3) is 0 Å². The van der Waals surface area contributed by atoms with Gasteiger partial charge in [0.05, 0.1) is 0 Å². The van der Waals surface area contributed by atoms with E-state index in [1.165, 1.54) is 0 Å². The zero-order chi connectivity index (χ0) is 14.0. The molecule has 1 aliphatic rings. The molecule has 2 rings (SSSR count). The molecule has 0 aromatic carbocycles. The maximum absolute atomic E-state index is 12.1. The van der Waals surface area contributed by atoms with Gasteiger partial charge in [-0.2, -0.15) is 0 Å². The second-order valence-corrected chi connectivity index (χ2v) is 5.77. The van der Waals surface area contributed by atoms with E-state index in [-0.39, 0.29) is 29.4 Å². The highest BCUT2D eigenvalue weighted by Gasteiger charge is 2.22. The van der Waals surface area contributed by atoms with Gasteiger partial charge in [0.1, 0.15) is 5.56 Å². The fourth-order valence-corrected chi connectivity index (χ4v) is 2.27. The van der Waals surface area contributed by atoms with Crippen LogP contribution in [0, 0.1) is 0 Å². The number of pyridine rings is 1. The first-order valence-electron chi connectivity index (χ1n) is 6.70. The molecule has 0 aliphatic heterocycles. The Kier molecular flexibility index (Phi) is 5.36. The molecule has 0 radical (unpaired) electrons. The topological polar surface area (TPSA) is 88.0 Å². The van der Waals surface area contributed by atoms with Gasteiger partial charge in [-0.15, -0.1) is 12.4 Å². The molecule has 0 bridgehead atoms. The lowest BCUT2D eigenvalue weighted by molar-refractivity contribution is 0.0914. The SMILES string of the molecule is CC(C)(CN)NC(=O)c1cc2c([nH]c1=O)CCCC2.Cl. The van der Waals surface area contributed by atoms with Gasteiger partial charge in [0, 0.05) is 17.8 Å². The fourth-order valence-electron chi connectivity index (χ4n) is 2.27. The van der Waals surface area contributed by atoms with Crippen molar-refractivity contribution in [1.82, 2.24) is 10.3 Å². The Balaban J connectivity index is 0.00000200. The minimum Gasteiger partial charge on any atom is -0.346 e. The van der Waals surface area contributed by atoms with Crippen LogP contribution in [0.5, 0.6) is 0 Å². The first-order chi connectivity index (χ1) is 8.93. The van der Waals surface area contributed by atoms with Crippen LogP contribution in [0.4, 0.5) is 0 Å². The molecule has 0 spiro atoms. The molecular formula is C14H22ClN3O2. The smallest absolute Gasteiger partial charge is 0.261 e. The van der Waals surface area contributed by atoms with Gasteiger partial charge in [0.15, 0.2) is 0 Å². The standard InChI is InChI=1S/C14H21N3O2.ClH/c1-14(2,8-15)17-13(19)10-7-9-5-3-4-6-11(9)16-12(10)18;/h7H,3-6,8,15H2,1-2H3,(H,16,18)(H,17,19);1H. The van der Waals surface area contributed by atoms with Gasteiger partial charge in [-0.3, -0.25) is 9.59 Å². The van der Waals surface area contributed by atoms with Crippen molar-refractivity contribution in [1.29, 1.82) is 0 Å². The summed E-state index contributed by atoms with van der Waals surface area (Å²) in [5, 5.41) is 2.79. The zero-order valence-corrected chi connectivity index (χ0v) is 12.7. The number of hydrogen-bond acceptors (Lipinski definition) is 3. The van der Waals surface area contributed by atoms with E-state index in [1.54, 1.807) is 6.07 Å². The van der Waals surface area contributed by atoms with Crippen LogP contribution in [0.1, 0.15) is 48.3 Å². The van der Waals surface area contributed by atoms with Gasteiger partial charge in [-0.25, -0.2) is 0 Å². The van der Waals surface area contributed by atoms with E-state index in [9.17, 15) is 9.59 Å². The highest BCUT2D eigenvalue weighted by atomic mass is 35.5. The second kappa shape index (κ2) is 6.41. The molecule has 1 heterocycles. The van der Waals surface area contributed by atoms with E-state index in [1.807, 2.05) is 13.8 Å². The molecule has 1 aromatic heterocycles. The molecule has 0 saturated carbocycles. The quantitative estimate of drug-likeness (QED) is 0.782. The number of nitrogens with one attached hydrogen (secondary N) is 2. The lowest BCUT2D eigenvalue weighted by Gasteiger charge is -2.24. The third kappa shape index (κ3) is 3.61. The van der Waals surface area contributed by atoms with E-state index in [0.29, 0.717) is 6.54 Å². The third-order valence-corrected chi connectivity index (χ3v) is 3.54. The molecule has 1 amide bonds. The summed E-state index contributed by atoms with van der Waals surface area (Å²) in [6.45, 7) is 3.98. The molecule has 5 nitrogen and oxygen atoms in total. The van der Waals surface area contributed by atoms with Gasteiger partial charge in [0.2, 0.25) is 0 Å². The summed E-state index contributed by atoms with van der Waals surface area (Å²) >= 11 is 0. The summed E-state index contributed by atoms with van der Waals surface area (Å²) < 4.78 is 0. The van der Waals surface area contributed by atoms with Crippen molar-refractivity contribution in [2.75, 3.05) is 6.54 Å². The average molecular weight is 300 g/mol. The number of aromatic amines is 1. The van der Waals surface area contributed by atoms with Crippen molar-refractivity contribution < 1.29 is 4.79 Å². The molecule has 1 aliphatic carbocycles. The maximum Gasteiger partial charge on any atom is 0.261 e. The van der Waals surface area contributed by atoms with Crippen molar-refractivity contribution in [3.63, 3.8) is 0 Å². The third-order valence-electron chi connectivity index (χ3n) is 3.54. The normalized spacial score (nSPS) is 14.2. The van der Waals surface area contributed by atoms with E-state index in [4.69, 9.17) is 5.73 Å². The number of nitrogens with two attached hydrogens (primary N) is 1. The van der Waals surface area contributed by atoms with Gasteiger partial charge in [0.25, 0.3) is 11.5 Å². The molecule has 0 atom stereocenters. The van der Waals surface area contributed by atoms with Crippen LogP contribution in [0.2, 0.25) is 0 Å². The van der Waals surface area contributed by atoms with E-state index in [2.05, 4.69) is 10.3 Å². The number of aromatic nitrogens is 1. The Hall–Kier alpha value is -1.33. The zero-order valence-electron chi connectivity index (χ0n) is 11.9. The Morgan fingerprint density at radius 1 is 1.40 bits per heavy atom. The number of fused-ring (bicyclic) bond motifs is 1. The number of carbonyl (C=O) groups is 1. The number of hydrogen-bond donors (Lipinski definition) is 3. The van der Waals surface area contributed by atoms with Crippen LogP contribution in [0.15, 0.2) is 10.9 Å². The number of carbonyl (C=O) groups excluding carboxylic acids is 1.